The van der Waals surface area contributed by atoms with Gasteiger partial charge in [-0.2, -0.15) is 8.78 Å². The number of pyridine rings is 2. The van der Waals surface area contributed by atoms with Crippen LogP contribution in [0, 0.1) is 12.8 Å². The van der Waals surface area contributed by atoms with E-state index in [1.807, 2.05) is 26.0 Å². The van der Waals surface area contributed by atoms with Crippen LogP contribution in [0.4, 0.5) is 20.3 Å². The molecule has 0 spiro atoms. The van der Waals surface area contributed by atoms with Crippen molar-refractivity contribution in [3.63, 3.8) is 0 Å². The lowest BCUT2D eigenvalue weighted by molar-refractivity contribution is -0.128. The van der Waals surface area contributed by atoms with Crippen molar-refractivity contribution in [2.75, 3.05) is 30.0 Å². The molecule has 0 radical (unpaired) electrons. The minimum Gasteiger partial charge on any atom is -0.381 e. The number of carbonyl (C=O) groups excluding carboxylic acids is 2. The fraction of sp³-hybridized carbons (Fsp3) is 0.357. The minimum absolute atomic E-state index is 0.0484. The predicted molar refractivity (Wildman–Crippen MR) is 136 cm³/mol. The zero-order chi connectivity index (χ0) is 26.3. The molecule has 2 aromatic heterocycles. The number of benzene rings is 1. The average molecular weight is 507 g/mol. The maximum atomic E-state index is 13.7. The Labute approximate surface area is 213 Å². The van der Waals surface area contributed by atoms with Gasteiger partial charge in [-0.3, -0.25) is 19.5 Å². The summed E-state index contributed by atoms with van der Waals surface area (Å²) in [7, 11) is 0. The SMILES string of the molecule is CCN1C(=O)C2COCCC2c2cc(-c3cc(NC(=O)c4ccnc(C(C)(F)F)c4)ccc3C)cnc21. The highest BCUT2D eigenvalue weighted by atomic mass is 19.3. The lowest BCUT2D eigenvalue weighted by Gasteiger charge is -2.40. The third-order valence-electron chi connectivity index (χ3n) is 7.08. The van der Waals surface area contributed by atoms with Gasteiger partial charge in [0.1, 0.15) is 11.5 Å². The third kappa shape index (κ3) is 4.71. The molecule has 2 aliphatic heterocycles. The average Bonchev–Trinajstić information content (AvgIpc) is 2.89. The number of alkyl halides is 2. The Kier molecular flexibility index (Phi) is 6.49. The van der Waals surface area contributed by atoms with Crippen molar-refractivity contribution in [2.24, 2.45) is 5.92 Å². The van der Waals surface area contributed by atoms with Crippen molar-refractivity contribution in [1.82, 2.24) is 9.97 Å². The molecule has 0 bridgehead atoms. The molecule has 1 saturated heterocycles. The normalized spacial score (nSPS) is 19.3. The molecule has 1 fully saturated rings. The number of fused-ring (bicyclic) bond motifs is 3. The number of nitrogens with zero attached hydrogens (tertiary/aromatic N) is 3. The lowest BCUT2D eigenvalue weighted by Crippen LogP contribution is -2.47. The number of ether oxygens (including phenoxy) is 1. The first-order valence-corrected chi connectivity index (χ1v) is 12.3. The maximum Gasteiger partial charge on any atom is 0.286 e. The first-order chi connectivity index (χ1) is 17.7. The Morgan fingerprint density at radius 3 is 2.76 bits per heavy atom. The maximum absolute atomic E-state index is 13.7. The summed E-state index contributed by atoms with van der Waals surface area (Å²) in [6.45, 7) is 6.19. The Bertz CT molecular complexity index is 1370. The smallest absolute Gasteiger partial charge is 0.286 e. The predicted octanol–water partition coefficient (Wildman–Crippen LogP) is 5.30. The van der Waals surface area contributed by atoms with Gasteiger partial charge in [0.05, 0.1) is 12.5 Å². The Morgan fingerprint density at radius 2 is 2.00 bits per heavy atom. The topological polar surface area (TPSA) is 84.4 Å². The number of aromatic nitrogens is 2. The van der Waals surface area contributed by atoms with E-state index in [1.54, 1.807) is 17.2 Å². The van der Waals surface area contributed by atoms with Crippen molar-refractivity contribution in [3.05, 3.63) is 71.2 Å². The highest BCUT2D eigenvalue weighted by Crippen LogP contribution is 2.44. The Morgan fingerprint density at radius 1 is 1.19 bits per heavy atom. The number of rotatable bonds is 5. The van der Waals surface area contributed by atoms with Gasteiger partial charge >= 0.3 is 0 Å². The van der Waals surface area contributed by atoms with Gasteiger partial charge in [0.25, 0.3) is 11.8 Å². The van der Waals surface area contributed by atoms with Crippen LogP contribution in [0.25, 0.3) is 11.1 Å². The van der Waals surface area contributed by atoms with Crippen LogP contribution in [0.15, 0.2) is 48.8 Å². The summed E-state index contributed by atoms with van der Waals surface area (Å²) in [5.41, 5.74) is 3.94. The van der Waals surface area contributed by atoms with E-state index in [0.29, 0.717) is 31.3 Å². The second-order valence-corrected chi connectivity index (χ2v) is 9.60. The molecule has 2 atom stereocenters. The van der Waals surface area contributed by atoms with Crippen LogP contribution in [-0.4, -0.2) is 41.5 Å². The molecular formula is C28H28F2N4O3. The quantitative estimate of drug-likeness (QED) is 0.508. The molecule has 0 saturated carbocycles. The lowest BCUT2D eigenvalue weighted by atomic mass is 9.78. The highest BCUT2D eigenvalue weighted by molar-refractivity contribution is 6.04. The molecular weight excluding hydrogens is 478 g/mol. The van der Waals surface area contributed by atoms with E-state index >= 15 is 0 Å². The van der Waals surface area contributed by atoms with E-state index < -0.39 is 17.5 Å². The third-order valence-corrected chi connectivity index (χ3v) is 7.08. The summed E-state index contributed by atoms with van der Waals surface area (Å²) in [5.74, 6) is -3.07. The van der Waals surface area contributed by atoms with Crippen molar-refractivity contribution < 1.29 is 23.1 Å². The zero-order valence-electron chi connectivity index (χ0n) is 20.9. The van der Waals surface area contributed by atoms with Gasteiger partial charge in [-0.1, -0.05) is 6.07 Å². The van der Waals surface area contributed by atoms with Gasteiger partial charge in [0.2, 0.25) is 5.91 Å². The molecule has 192 valence electrons. The van der Waals surface area contributed by atoms with Crippen molar-refractivity contribution in [2.45, 2.75) is 39.0 Å². The van der Waals surface area contributed by atoms with Gasteiger partial charge in [0, 0.05) is 55.2 Å². The van der Waals surface area contributed by atoms with Crippen LogP contribution in [0.1, 0.15) is 53.4 Å². The van der Waals surface area contributed by atoms with Crippen LogP contribution in [-0.2, 0) is 15.5 Å². The molecule has 0 aliphatic carbocycles. The van der Waals surface area contributed by atoms with Gasteiger partial charge in [-0.05, 0) is 67.3 Å². The fourth-order valence-corrected chi connectivity index (χ4v) is 5.11. The summed E-state index contributed by atoms with van der Waals surface area (Å²) in [6.07, 6.45) is 3.71. The molecule has 5 rings (SSSR count). The van der Waals surface area contributed by atoms with Gasteiger partial charge in [-0.25, -0.2) is 4.98 Å². The fourth-order valence-electron chi connectivity index (χ4n) is 5.11. The van der Waals surface area contributed by atoms with Crippen LogP contribution < -0.4 is 10.2 Å². The van der Waals surface area contributed by atoms with Gasteiger partial charge in [0.15, 0.2) is 0 Å². The molecule has 1 N–H and O–H groups in total. The number of amides is 2. The summed E-state index contributed by atoms with van der Waals surface area (Å²) in [5, 5.41) is 2.80. The molecule has 1 aromatic carbocycles. The molecule has 7 nitrogen and oxygen atoms in total. The van der Waals surface area contributed by atoms with E-state index in [-0.39, 0.29) is 23.3 Å². The first kappa shape index (κ1) is 25.0. The highest BCUT2D eigenvalue weighted by Gasteiger charge is 2.42. The van der Waals surface area contributed by atoms with Crippen LogP contribution in [0.5, 0.6) is 0 Å². The molecule has 9 heteroatoms. The number of anilines is 2. The number of hydrogen-bond acceptors (Lipinski definition) is 5. The standard InChI is InChI=1S/C28H28F2N4O3/c1-4-34-25-22(20-8-10-37-15-23(20)27(34)36)11-18(14-32-25)21-13-19(6-5-16(21)2)33-26(35)17-7-9-31-24(12-17)28(3,29)30/h5-7,9,11-14,20,23H,4,8,10,15H2,1-3H3,(H,33,35). The summed E-state index contributed by atoms with van der Waals surface area (Å²) in [6, 6.07) is 10.1. The van der Waals surface area contributed by atoms with Crippen LogP contribution in [0.2, 0.25) is 0 Å². The van der Waals surface area contributed by atoms with E-state index in [2.05, 4.69) is 16.4 Å². The second kappa shape index (κ2) is 9.63. The van der Waals surface area contributed by atoms with E-state index in [4.69, 9.17) is 9.72 Å². The number of halogens is 2. The van der Waals surface area contributed by atoms with Crippen LogP contribution in [0.3, 0.4) is 0 Å². The molecule has 3 aromatic rings. The van der Waals surface area contributed by atoms with Crippen molar-refractivity contribution in [1.29, 1.82) is 0 Å². The summed E-state index contributed by atoms with van der Waals surface area (Å²) < 4.78 is 33.0. The second-order valence-electron chi connectivity index (χ2n) is 9.60. The van der Waals surface area contributed by atoms with E-state index in [9.17, 15) is 18.4 Å². The van der Waals surface area contributed by atoms with Gasteiger partial charge in [-0.15, -0.1) is 0 Å². The van der Waals surface area contributed by atoms with E-state index in [1.165, 1.54) is 12.3 Å². The first-order valence-electron chi connectivity index (χ1n) is 12.3. The molecule has 2 unspecified atom stereocenters. The summed E-state index contributed by atoms with van der Waals surface area (Å²) in [4.78, 5) is 36.0. The van der Waals surface area contributed by atoms with Gasteiger partial charge < -0.3 is 10.1 Å². The Balaban J connectivity index is 1.47. The van der Waals surface area contributed by atoms with E-state index in [0.717, 1.165) is 41.7 Å². The molecule has 37 heavy (non-hydrogen) atoms. The zero-order valence-corrected chi connectivity index (χ0v) is 20.9. The minimum atomic E-state index is -3.14. The van der Waals surface area contributed by atoms with Crippen LogP contribution >= 0.6 is 0 Å². The van der Waals surface area contributed by atoms with Crippen molar-refractivity contribution in [3.8, 4) is 11.1 Å². The number of carbonyl (C=O) groups is 2. The monoisotopic (exact) mass is 506 g/mol. The summed E-state index contributed by atoms with van der Waals surface area (Å²) >= 11 is 0. The van der Waals surface area contributed by atoms with Crippen molar-refractivity contribution >= 4 is 23.3 Å². The molecule has 2 amide bonds. The number of hydrogen-bond donors (Lipinski definition) is 1. The number of aryl methyl sites for hydroxylation is 1. The number of nitrogens with one attached hydrogen (secondary N) is 1. The Hall–Kier alpha value is -3.72. The molecule has 4 heterocycles. The largest absolute Gasteiger partial charge is 0.381 e. The molecule has 2 aliphatic rings.